The normalized spacial score (nSPS) is 11.9. The van der Waals surface area contributed by atoms with Crippen LogP contribution in [0.1, 0.15) is 32.8 Å². The van der Waals surface area contributed by atoms with Crippen LogP contribution in [0, 0.1) is 0 Å². The Morgan fingerprint density at radius 2 is 1.59 bits per heavy atom. The molecule has 2 amide bonds. The fourth-order valence-corrected chi connectivity index (χ4v) is 5.65. The van der Waals surface area contributed by atoms with Crippen LogP contribution in [0.3, 0.4) is 0 Å². The van der Waals surface area contributed by atoms with Gasteiger partial charge in [0.1, 0.15) is 18.3 Å². The molecule has 1 atom stereocenters. The minimum absolute atomic E-state index is 0.0392. The predicted octanol–water partition coefficient (Wildman–Crippen LogP) is 4.99. The molecule has 0 saturated carbocycles. The summed E-state index contributed by atoms with van der Waals surface area (Å²) in [6.45, 7) is 5.77. The molecule has 0 aliphatic heterocycles. The maximum Gasteiger partial charge on any atom is 0.264 e. The molecular formula is C29H34BrN3O5S. The number of carbonyl (C=O) groups is 2. The third-order valence-electron chi connectivity index (χ3n) is 6.03. The second-order valence-electron chi connectivity index (χ2n) is 8.84. The number of hydrogen-bond acceptors (Lipinski definition) is 5. The molecule has 39 heavy (non-hydrogen) atoms. The molecule has 0 aromatic heterocycles. The molecule has 1 N–H and O–H groups in total. The second kappa shape index (κ2) is 14.1. The van der Waals surface area contributed by atoms with E-state index >= 15 is 0 Å². The molecule has 0 unspecified atom stereocenters. The lowest BCUT2D eigenvalue weighted by molar-refractivity contribution is -0.139. The van der Waals surface area contributed by atoms with Gasteiger partial charge in [-0.2, -0.15) is 0 Å². The Kier molecular flexibility index (Phi) is 10.9. The summed E-state index contributed by atoms with van der Waals surface area (Å²) in [6.07, 6.45) is 0.746. The lowest BCUT2D eigenvalue weighted by Gasteiger charge is -2.32. The highest BCUT2D eigenvalue weighted by Gasteiger charge is 2.33. The maximum atomic E-state index is 14.0. The molecule has 0 heterocycles. The highest BCUT2D eigenvalue weighted by molar-refractivity contribution is 9.10. The zero-order chi connectivity index (χ0) is 28.4. The van der Waals surface area contributed by atoms with Crippen LogP contribution < -0.4 is 14.4 Å². The van der Waals surface area contributed by atoms with E-state index in [1.54, 1.807) is 56.3 Å². The summed E-state index contributed by atoms with van der Waals surface area (Å²) >= 11 is 3.41. The van der Waals surface area contributed by atoms with E-state index in [0.717, 1.165) is 20.8 Å². The van der Waals surface area contributed by atoms with Crippen molar-refractivity contribution in [1.29, 1.82) is 0 Å². The SMILES string of the molecule is CCCNC(=O)[C@@H](C)N(Cc1ccc(Br)cc1)C(=O)CN(c1ccccc1OCC)S(=O)(=O)c1ccccc1. The molecular weight excluding hydrogens is 582 g/mol. The van der Waals surface area contributed by atoms with Gasteiger partial charge in [0.2, 0.25) is 11.8 Å². The van der Waals surface area contributed by atoms with Gasteiger partial charge in [-0.1, -0.05) is 65.3 Å². The van der Waals surface area contributed by atoms with Gasteiger partial charge in [0.15, 0.2) is 0 Å². The van der Waals surface area contributed by atoms with Crippen molar-refractivity contribution < 1.29 is 22.7 Å². The van der Waals surface area contributed by atoms with Crippen molar-refractivity contribution in [3.8, 4) is 5.75 Å². The summed E-state index contributed by atoms with van der Waals surface area (Å²) in [5, 5.41) is 2.84. The fraction of sp³-hybridized carbons (Fsp3) is 0.310. The van der Waals surface area contributed by atoms with Crippen LogP contribution in [-0.2, 0) is 26.2 Å². The molecule has 0 aliphatic carbocycles. The van der Waals surface area contributed by atoms with Gasteiger partial charge in [-0.15, -0.1) is 0 Å². The summed E-state index contributed by atoms with van der Waals surface area (Å²) in [4.78, 5) is 28.3. The lowest BCUT2D eigenvalue weighted by Crippen LogP contribution is -2.51. The van der Waals surface area contributed by atoms with Gasteiger partial charge in [-0.05, 0) is 62.2 Å². The number of nitrogens with zero attached hydrogens (tertiary/aromatic N) is 2. The number of halogens is 1. The van der Waals surface area contributed by atoms with Crippen LogP contribution >= 0.6 is 15.9 Å². The number of amides is 2. The molecule has 8 nitrogen and oxygen atoms in total. The van der Waals surface area contributed by atoms with E-state index in [0.29, 0.717) is 18.9 Å². The number of rotatable bonds is 13. The van der Waals surface area contributed by atoms with Crippen LogP contribution in [0.5, 0.6) is 5.75 Å². The van der Waals surface area contributed by atoms with E-state index in [1.807, 2.05) is 31.2 Å². The van der Waals surface area contributed by atoms with E-state index in [2.05, 4.69) is 21.2 Å². The number of para-hydroxylation sites is 2. The average molecular weight is 617 g/mol. The van der Waals surface area contributed by atoms with Gasteiger partial charge < -0.3 is 15.0 Å². The zero-order valence-electron chi connectivity index (χ0n) is 22.3. The molecule has 0 radical (unpaired) electrons. The van der Waals surface area contributed by atoms with Crippen LogP contribution in [-0.4, -0.2) is 50.9 Å². The monoisotopic (exact) mass is 615 g/mol. The van der Waals surface area contributed by atoms with E-state index < -0.39 is 28.5 Å². The third kappa shape index (κ3) is 7.83. The highest BCUT2D eigenvalue weighted by Crippen LogP contribution is 2.32. The lowest BCUT2D eigenvalue weighted by atomic mass is 10.1. The number of sulfonamides is 1. The summed E-state index contributed by atoms with van der Waals surface area (Å²) in [5.41, 5.74) is 1.04. The van der Waals surface area contributed by atoms with Gasteiger partial charge in [-0.25, -0.2) is 8.42 Å². The Labute approximate surface area is 239 Å². The Bertz CT molecular complexity index is 1350. The molecule has 0 aliphatic rings. The standard InChI is InChI=1S/C29H34BrN3O5S/c1-4-19-31-29(35)22(3)32(20-23-15-17-24(30)18-16-23)28(34)21-33(26-13-9-10-14-27(26)38-5-2)39(36,37)25-11-7-6-8-12-25/h6-18,22H,4-5,19-21H2,1-3H3,(H,31,35)/t22-/m1/s1. The summed E-state index contributed by atoms with van der Waals surface area (Å²) in [7, 11) is -4.16. The number of carbonyl (C=O) groups excluding carboxylic acids is 2. The minimum atomic E-state index is -4.16. The topological polar surface area (TPSA) is 96.0 Å². The number of ether oxygens (including phenoxy) is 1. The highest BCUT2D eigenvalue weighted by atomic mass is 79.9. The van der Waals surface area contributed by atoms with Gasteiger partial charge >= 0.3 is 0 Å². The van der Waals surface area contributed by atoms with Crippen molar-refractivity contribution in [3.63, 3.8) is 0 Å². The average Bonchev–Trinajstić information content (AvgIpc) is 2.94. The first-order valence-corrected chi connectivity index (χ1v) is 15.0. The first-order valence-electron chi connectivity index (χ1n) is 12.8. The van der Waals surface area contributed by atoms with Crippen LogP contribution in [0.15, 0.2) is 88.2 Å². The molecule has 208 valence electrons. The molecule has 0 spiro atoms. The largest absolute Gasteiger partial charge is 0.492 e. The van der Waals surface area contributed by atoms with E-state index in [-0.39, 0.29) is 23.0 Å². The van der Waals surface area contributed by atoms with Crippen molar-refractivity contribution >= 4 is 43.5 Å². The number of anilines is 1. The van der Waals surface area contributed by atoms with Crippen molar-refractivity contribution in [3.05, 3.63) is 88.9 Å². The first-order chi connectivity index (χ1) is 18.7. The molecule has 0 saturated heterocycles. The predicted molar refractivity (Wildman–Crippen MR) is 156 cm³/mol. The Balaban J connectivity index is 2.05. The molecule has 10 heteroatoms. The number of benzene rings is 3. The van der Waals surface area contributed by atoms with Gasteiger partial charge in [-0.3, -0.25) is 13.9 Å². The smallest absolute Gasteiger partial charge is 0.264 e. The zero-order valence-corrected chi connectivity index (χ0v) is 24.7. The fourth-order valence-electron chi connectivity index (χ4n) is 3.94. The van der Waals surface area contributed by atoms with Crippen molar-refractivity contribution in [1.82, 2.24) is 10.2 Å². The molecule has 0 bridgehead atoms. The third-order valence-corrected chi connectivity index (χ3v) is 8.33. The Morgan fingerprint density at radius 3 is 2.23 bits per heavy atom. The molecule has 0 fully saturated rings. The van der Waals surface area contributed by atoms with Gasteiger partial charge in [0.05, 0.1) is 17.2 Å². The quantitative estimate of drug-likeness (QED) is 0.292. The van der Waals surface area contributed by atoms with Crippen LogP contribution in [0.25, 0.3) is 0 Å². The van der Waals surface area contributed by atoms with Crippen LogP contribution in [0.2, 0.25) is 0 Å². The first kappa shape index (κ1) is 30.2. The van der Waals surface area contributed by atoms with Gasteiger partial charge in [0.25, 0.3) is 10.0 Å². The van der Waals surface area contributed by atoms with E-state index in [9.17, 15) is 18.0 Å². The van der Waals surface area contributed by atoms with Crippen LogP contribution in [0.4, 0.5) is 5.69 Å². The Hall–Kier alpha value is -3.37. The van der Waals surface area contributed by atoms with Crippen molar-refractivity contribution in [2.24, 2.45) is 0 Å². The molecule has 3 rings (SSSR count). The Morgan fingerprint density at radius 1 is 0.949 bits per heavy atom. The van der Waals surface area contributed by atoms with Crippen molar-refractivity contribution in [2.75, 3.05) is 24.0 Å². The minimum Gasteiger partial charge on any atom is -0.492 e. The second-order valence-corrected chi connectivity index (χ2v) is 11.6. The van der Waals surface area contributed by atoms with E-state index in [4.69, 9.17) is 4.74 Å². The van der Waals surface area contributed by atoms with E-state index in [1.165, 1.54) is 17.0 Å². The number of hydrogen-bond donors (Lipinski definition) is 1. The summed E-state index contributed by atoms with van der Waals surface area (Å²) < 4.78 is 35.5. The number of nitrogens with one attached hydrogen (secondary N) is 1. The molecule has 3 aromatic rings. The maximum absolute atomic E-state index is 14.0. The summed E-state index contributed by atoms with van der Waals surface area (Å²) in [5.74, 6) is -0.502. The van der Waals surface area contributed by atoms with Gasteiger partial charge in [0, 0.05) is 17.6 Å². The summed E-state index contributed by atoms with van der Waals surface area (Å²) in [6, 6.07) is 21.2. The molecule has 3 aromatic carbocycles. The van der Waals surface area contributed by atoms with Crippen molar-refractivity contribution in [2.45, 2.75) is 44.7 Å².